The summed E-state index contributed by atoms with van der Waals surface area (Å²) >= 11 is 0. The highest BCUT2D eigenvalue weighted by Gasteiger charge is 2.22. The van der Waals surface area contributed by atoms with Crippen LogP contribution >= 0.6 is 0 Å². The van der Waals surface area contributed by atoms with E-state index in [9.17, 15) is 0 Å². The van der Waals surface area contributed by atoms with Crippen molar-refractivity contribution in [1.82, 2.24) is 4.57 Å². The third kappa shape index (κ3) is 1.39. The lowest BCUT2D eigenvalue weighted by atomic mass is 9.67. The number of benzene rings is 1. The Kier molecular flexibility index (Phi) is 1.91. The average molecular weight is 198 g/mol. The van der Waals surface area contributed by atoms with Gasteiger partial charge in [0.1, 0.15) is 25.4 Å². The van der Waals surface area contributed by atoms with Gasteiger partial charge >= 0.3 is 0 Å². The standard InChI is InChI=1S/C12H15BN2/c1-10-9-14-7-8-15(12(14)13-10)11-5-3-2-4-6-11/h2-8,10H,9,13H2,1H3/t10-/m1/s1. The van der Waals surface area contributed by atoms with E-state index in [1.807, 2.05) is 0 Å². The smallest absolute Gasteiger partial charge is 0.131 e. The fourth-order valence-electron chi connectivity index (χ4n) is 2.79. The molecule has 0 saturated carbocycles. The molecule has 3 rings (SSSR count). The molecule has 1 aliphatic heterocycles. The van der Waals surface area contributed by atoms with E-state index in [2.05, 4.69) is 58.8 Å². The van der Waals surface area contributed by atoms with Crippen LogP contribution in [0.3, 0.4) is 0 Å². The van der Waals surface area contributed by atoms with Crippen LogP contribution in [-0.4, -0.2) is 11.8 Å². The first-order valence-corrected chi connectivity index (χ1v) is 5.81. The fourth-order valence-corrected chi connectivity index (χ4v) is 2.79. The van der Waals surface area contributed by atoms with Gasteiger partial charge in [0.25, 0.3) is 0 Å². The molecule has 0 spiro atoms. The van der Waals surface area contributed by atoms with Gasteiger partial charge in [-0.1, -0.05) is 25.1 Å². The number of hydrogen-bond donors (Lipinski definition) is 0. The highest BCUT2D eigenvalue weighted by molar-refractivity contribution is 6.52. The van der Waals surface area contributed by atoms with Gasteiger partial charge in [0.05, 0.1) is 12.3 Å². The van der Waals surface area contributed by atoms with Crippen LogP contribution in [0, 0.1) is 0 Å². The average Bonchev–Trinajstić information content (AvgIpc) is 2.77. The number of aromatic nitrogens is 2. The summed E-state index contributed by atoms with van der Waals surface area (Å²) in [5, 5.41) is 0. The SMILES string of the molecule is C[C@H]1[BH2-]c2n(-c3ccccc3)cc[n+]2C1. The number of hydrogen-bond acceptors (Lipinski definition) is 0. The second-order valence-corrected chi connectivity index (χ2v) is 4.89. The largest absolute Gasteiger partial charge is 0.274 e. The lowest BCUT2D eigenvalue weighted by molar-refractivity contribution is -0.672. The van der Waals surface area contributed by atoms with Gasteiger partial charge in [-0.15, -0.1) is 5.82 Å². The third-order valence-corrected chi connectivity index (χ3v) is 3.51. The maximum Gasteiger partial charge on any atom is 0.131 e. The van der Waals surface area contributed by atoms with Gasteiger partial charge in [-0.2, -0.15) is 0 Å². The molecule has 15 heavy (non-hydrogen) atoms. The maximum atomic E-state index is 2.41. The van der Waals surface area contributed by atoms with E-state index >= 15 is 0 Å². The van der Waals surface area contributed by atoms with Crippen molar-refractivity contribution >= 4 is 13.0 Å². The third-order valence-electron chi connectivity index (χ3n) is 3.51. The van der Waals surface area contributed by atoms with Crippen molar-refractivity contribution in [3.63, 3.8) is 0 Å². The first kappa shape index (κ1) is 8.78. The van der Waals surface area contributed by atoms with E-state index in [0.717, 1.165) is 5.82 Å². The van der Waals surface area contributed by atoms with E-state index in [1.54, 1.807) is 5.72 Å². The summed E-state index contributed by atoms with van der Waals surface area (Å²) in [4.78, 5) is 0. The fraction of sp³-hybridized carbons (Fsp3) is 0.250. The lowest BCUT2D eigenvalue weighted by Gasteiger charge is -2.02. The zero-order valence-corrected chi connectivity index (χ0v) is 9.22. The Bertz CT molecular complexity index is 476. The first-order chi connectivity index (χ1) is 7.34. The molecule has 1 aliphatic rings. The second-order valence-electron chi connectivity index (χ2n) is 4.89. The molecule has 0 bridgehead atoms. The predicted molar refractivity (Wildman–Crippen MR) is 63.6 cm³/mol. The van der Waals surface area contributed by atoms with Crippen LogP contribution in [0.15, 0.2) is 42.7 Å². The molecular formula is C12H15BN2. The molecule has 2 heterocycles. The topological polar surface area (TPSA) is 8.81 Å². The zero-order valence-electron chi connectivity index (χ0n) is 9.22. The number of para-hydroxylation sites is 1. The molecular weight excluding hydrogens is 183 g/mol. The predicted octanol–water partition coefficient (Wildman–Crippen LogP) is 0.381. The van der Waals surface area contributed by atoms with E-state index in [4.69, 9.17) is 0 Å². The van der Waals surface area contributed by atoms with Crippen molar-refractivity contribution in [3.05, 3.63) is 42.7 Å². The summed E-state index contributed by atoms with van der Waals surface area (Å²) in [6.45, 7) is 3.58. The number of fused-ring (bicyclic) bond motifs is 1. The number of rotatable bonds is 1. The molecule has 1 atom stereocenters. The van der Waals surface area contributed by atoms with Crippen molar-refractivity contribution in [1.29, 1.82) is 0 Å². The molecule has 0 radical (unpaired) electrons. The Morgan fingerprint density at radius 2 is 2.13 bits per heavy atom. The van der Waals surface area contributed by atoms with Gasteiger partial charge in [0.15, 0.2) is 0 Å². The molecule has 3 heteroatoms. The second kappa shape index (κ2) is 3.26. The van der Waals surface area contributed by atoms with E-state index < -0.39 is 0 Å². The summed E-state index contributed by atoms with van der Waals surface area (Å²) in [7, 11) is 0.0385. The summed E-state index contributed by atoms with van der Waals surface area (Å²) in [5.74, 6) is 0.899. The summed E-state index contributed by atoms with van der Waals surface area (Å²) in [6, 6.07) is 10.6. The normalized spacial score (nSPS) is 19.1. The Morgan fingerprint density at radius 3 is 2.93 bits per heavy atom. The van der Waals surface area contributed by atoms with Crippen molar-refractivity contribution in [2.24, 2.45) is 0 Å². The van der Waals surface area contributed by atoms with Crippen molar-refractivity contribution < 1.29 is 4.57 Å². The Morgan fingerprint density at radius 1 is 1.33 bits per heavy atom. The van der Waals surface area contributed by atoms with Crippen LogP contribution in [0.4, 0.5) is 0 Å². The van der Waals surface area contributed by atoms with Gasteiger partial charge in [0, 0.05) is 0 Å². The van der Waals surface area contributed by atoms with Crippen LogP contribution in [0.1, 0.15) is 6.92 Å². The van der Waals surface area contributed by atoms with Crippen molar-refractivity contribution in [2.45, 2.75) is 19.3 Å². The summed E-state index contributed by atoms with van der Waals surface area (Å²) in [5.41, 5.74) is 2.85. The van der Waals surface area contributed by atoms with Gasteiger partial charge in [-0.25, -0.2) is 4.57 Å². The molecule has 0 amide bonds. The minimum Gasteiger partial charge on any atom is -0.274 e. The minimum atomic E-state index is 0.0385. The van der Waals surface area contributed by atoms with Gasteiger partial charge < -0.3 is 0 Å². The number of imidazole rings is 1. The molecule has 0 saturated heterocycles. The van der Waals surface area contributed by atoms with Crippen molar-refractivity contribution in [3.8, 4) is 5.69 Å². The molecule has 1 aromatic heterocycles. The number of nitrogens with zero attached hydrogens (tertiary/aromatic N) is 2. The van der Waals surface area contributed by atoms with Crippen LogP contribution in [-0.2, 0) is 6.54 Å². The van der Waals surface area contributed by atoms with E-state index in [-0.39, 0.29) is 7.28 Å². The molecule has 0 N–H and O–H groups in total. The molecule has 0 unspecified atom stereocenters. The van der Waals surface area contributed by atoms with Crippen LogP contribution in [0.5, 0.6) is 0 Å². The van der Waals surface area contributed by atoms with Gasteiger partial charge in [0.2, 0.25) is 0 Å². The quantitative estimate of drug-likeness (QED) is 0.462. The zero-order chi connectivity index (χ0) is 10.3. The van der Waals surface area contributed by atoms with E-state index in [0.29, 0.717) is 0 Å². The highest BCUT2D eigenvalue weighted by Crippen LogP contribution is 2.10. The lowest BCUT2D eigenvalue weighted by Crippen LogP contribution is -2.45. The first-order valence-electron chi connectivity index (χ1n) is 5.81. The molecule has 2 aromatic rings. The maximum absolute atomic E-state index is 2.41. The Labute approximate surface area is 90.4 Å². The molecule has 76 valence electrons. The van der Waals surface area contributed by atoms with E-state index in [1.165, 1.54) is 12.2 Å². The van der Waals surface area contributed by atoms with Gasteiger partial charge in [-0.3, -0.25) is 4.57 Å². The molecule has 1 aromatic carbocycles. The van der Waals surface area contributed by atoms with Crippen LogP contribution in [0.25, 0.3) is 5.69 Å². The van der Waals surface area contributed by atoms with Crippen LogP contribution in [0.2, 0.25) is 5.82 Å². The van der Waals surface area contributed by atoms with Gasteiger partial charge in [-0.05, 0) is 12.1 Å². The van der Waals surface area contributed by atoms with Crippen LogP contribution < -0.4 is 10.3 Å². The Hall–Kier alpha value is -1.51. The minimum absolute atomic E-state index is 0.0385. The summed E-state index contributed by atoms with van der Waals surface area (Å²) in [6.07, 6.45) is 4.41. The highest BCUT2D eigenvalue weighted by atomic mass is 15.1. The summed E-state index contributed by atoms with van der Waals surface area (Å²) < 4.78 is 4.77. The van der Waals surface area contributed by atoms with Crippen molar-refractivity contribution in [2.75, 3.05) is 0 Å². The molecule has 0 aliphatic carbocycles. The molecule has 2 nitrogen and oxygen atoms in total. The monoisotopic (exact) mass is 198 g/mol. The molecule has 0 fully saturated rings. The Balaban J connectivity index is 2.08.